The van der Waals surface area contributed by atoms with E-state index in [1.54, 1.807) is 54.6 Å². The molecule has 0 aliphatic rings. The van der Waals surface area contributed by atoms with Crippen LogP contribution in [0.15, 0.2) is 107 Å². The maximum atomic E-state index is 12.5. The number of anilines is 2. The quantitative estimate of drug-likeness (QED) is 0.305. The SMILES string of the molecule is Cc1ccc(C(=O)Nc2ccc(N=Nc3ccc(NC(=O)c4ccccc4)cc3)cc2C)cc1. The van der Waals surface area contributed by atoms with Gasteiger partial charge in [-0.15, -0.1) is 0 Å². The maximum absolute atomic E-state index is 12.5. The molecule has 0 spiro atoms. The molecule has 2 amide bonds. The normalized spacial score (nSPS) is 10.8. The molecule has 0 aliphatic carbocycles. The molecule has 0 unspecified atom stereocenters. The van der Waals surface area contributed by atoms with E-state index in [9.17, 15) is 9.59 Å². The summed E-state index contributed by atoms with van der Waals surface area (Å²) in [6.45, 7) is 3.89. The van der Waals surface area contributed by atoms with E-state index in [1.165, 1.54) is 0 Å². The molecule has 0 bridgehead atoms. The van der Waals surface area contributed by atoms with Crippen molar-refractivity contribution >= 4 is 34.6 Å². The van der Waals surface area contributed by atoms with Gasteiger partial charge in [-0.05, 0) is 86.1 Å². The number of benzene rings is 4. The summed E-state index contributed by atoms with van der Waals surface area (Å²) in [7, 11) is 0. The number of carbonyl (C=O) groups is 2. The Labute approximate surface area is 198 Å². The lowest BCUT2D eigenvalue weighted by atomic mass is 10.1. The summed E-state index contributed by atoms with van der Waals surface area (Å²) in [6.07, 6.45) is 0. The van der Waals surface area contributed by atoms with Crippen LogP contribution in [0.3, 0.4) is 0 Å². The third-order valence-corrected chi connectivity index (χ3v) is 5.21. The van der Waals surface area contributed by atoms with Crippen LogP contribution in [0.25, 0.3) is 0 Å². The second kappa shape index (κ2) is 10.4. The largest absolute Gasteiger partial charge is 0.322 e. The van der Waals surface area contributed by atoms with Gasteiger partial charge in [0.25, 0.3) is 11.8 Å². The van der Waals surface area contributed by atoms with Crippen LogP contribution in [-0.2, 0) is 0 Å². The molecule has 168 valence electrons. The van der Waals surface area contributed by atoms with Crippen LogP contribution in [0, 0.1) is 13.8 Å². The van der Waals surface area contributed by atoms with Crippen LogP contribution in [0.5, 0.6) is 0 Å². The average molecular weight is 449 g/mol. The Morgan fingerprint density at radius 3 is 1.88 bits per heavy atom. The number of amides is 2. The molecule has 0 saturated carbocycles. The first-order valence-electron chi connectivity index (χ1n) is 10.8. The minimum Gasteiger partial charge on any atom is -0.322 e. The summed E-state index contributed by atoms with van der Waals surface area (Å²) < 4.78 is 0. The smallest absolute Gasteiger partial charge is 0.255 e. The molecule has 2 N–H and O–H groups in total. The number of aryl methyl sites for hydroxylation is 2. The zero-order chi connectivity index (χ0) is 23.9. The Bertz CT molecular complexity index is 1330. The summed E-state index contributed by atoms with van der Waals surface area (Å²) in [5.41, 5.74) is 5.93. The molecule has 6 nitrogen and oxygen atoms in total. The minimum absolute atomic E-state index is 0.156. The van der Waals surface area contributed by atoms with E-state index in [4.69, 9.17) is 0 Å². The van der Waals surface area contributed by atoms with Crippen molar-refractivity contribution in [2.75, 3.05) is 10.6 Å². The predicted octanol–water partition coefficient (Wildman–Crippen LogP) is 7.22. The van der Waals surface area contributed by atoms with Gasteiger partial charge in [-0.1, -0.05) is 35.9 Å². The molecule has 4 aromatic rings. The Hall–Kier alpha value is -4.58. The molecular weight excluding hydrogens is 424 g/mol. The van der Waals surface area contributed by atoms with Crippen molar-refractivity contribution in [3.05, 3.63) is 119 Å². The molecule has 0 fully saturated rings. The Morgan fingerprint density at radius 1 is 0.618 bits per heavy atom. The summed E-state index contributed by atoms with van der Waals surface area (Å²) in [4.78, 5) is 24.7. The molecule has 6 heteroatoms. The second-order valence-corrected chi connectivity index (χ2v) is 7.89. The van der Waals surface area contributed by atoms with Gasteiger partial charge in [-0.25, -0.2) is 0 Å². The van der Waals surface area contributed by atoms with Crippen molar-refractivity contribution in [2.24, 2.45) is 10.2 Å². The van der Waals surface area contributed by atoms with Crippen molar-refractivity contribution in [1.82, 2.24) is 0 Å². The van der Waals surface area contributed by atoms with E-state index < -0.39 is 0 Å². The van der Waals surface area contributed by atoms with E-state index in [0.29, 0.717) is 28.2 Å². The number of nitrogens with one attached hydrogen (secondary N) is 2. The standard InChI is InChI=1S/C28H24N4O2/c1-19-8-10-22(11-9-19)28(34)30-26-17-16-25(18-20(26)2)32-31-24-14-12-23(13-15-24)29-27(33)21-6-4-3-5-7-21/h3-18H,1-2H3,(H,29,33)(H,30,34). The topological polar surface area (TPSA) is 82.9 Å². The predicted molar refractivity (Wildman–Crippen MR) is 135 cm³/mol. The maximum Gasteiger partial charge on any atom is 0.255 e. The molecule has 0 saturated heterocycles. The Morgan fingerprint density at radius 2 is 1.21 bits per heavy atom. The first-order chi connectivity index (χ1) is 16.5. The van der Waals surface area contributed by atoms with Gasteiger partial charge in [0, 0.05) is 22.5 Å². The van der Waals surface area contributed by atoms with Gasteiger partial charge in [0.2, 0.25) is 0 Å². The lowest BCUT2D eigenvalue weighted by Gasteiger charge is -2.09. The molecule has 4 rings (SSSR count). The minimum atomic E-state index is -0.167. The number of nitrogens with zero attached hydrogens (tertiary/aromatic N) is 2. The molecule has 4 aromatic carbocycles. The van der Waals surface area contributed by atoms with Crippen molar-refractivity contribution in [1.29, 1.82) is 0 Å². The van der Waals surface area contributed by atoms with Crippen LogP contribution in [0.1, 0.15) is 31.8 Å². The van der Waals surface area contributed by atoms with Crippen LogP contribution in [-0.4, -0.2) is 11.8 Å². The molecule has 34 heavy (non-hydrogen) atoms. The first kappa shape index (κ1) is 22.6. The van der Waals surface area contributed by atoms with Crippen LogP contribution >= 0.6 is 0 Å². The van der Waals surface area contributed by atoms with Crippen LogP contribution < -0.4 is 10.6 Å². The summed E-state index contributed by atoms with van der Waals surface area (Å²) >= 11 is 0. The fourth-order valence-electron chi connectivity index (χ4n) is 3.27. The molecule has 0 aliphatic heterocycles. The Kier molecular flexibility index (Phi) is 6.89. The lowest BCUT2D eigenvalue weighted by Crippen LogP contribution is -2.12. The molecule has 0 radical (unpaired) electrons. The third-order valence-electron chi connectivity index (χ3n) is 5.21. The highest BCUT2D eigenvalue weighted by Crippen LogP contribution is 2.25. The monoisotopic (exact) mass is 448 g/mol. The van der Waals surface area contributed by atoms with E-state index in [1.807, 2.05) is 56.3 Å². The Balaban J connectivity index is 1.37. The van der Waals surface area contributed by atoms with Crippen LogP contribution in [0.2, 0.25) is 0 Å². The number of azo groups is 1. The third kappa shape index (κ3) is 5.81. The van der Waals surface area contributed by atoms with Crippen molar-refractivity contribution in [2.45, 2.75) is 13.8 Å². The summed E-state index contributed by atoms with van der Waals surface area (Å²) in [5.74, 6) is -0.322. The van der Waals surface area contributed by atoms with Gasteiger partial charge < -0.3 is 10.6 Å². The zero-order valence-corrected chi connectivity index (χ0v) is 18.9. The highest BCUT2D eigenvalue weighted by molar-refractivity contribution is 6.05. The van der Waals surface area contributed by atoms with E-state index in [2.05, 4.69) is 20.9 Å². The molecule has 0 heterocycles. The van der Waals surface area contributed by atoms with Gasteiger partial charge in [-0.3, -0.25) is 9.59 Å². The number of rotatable bonds is 6. The van der Waals surface area contributed by atoms with Gasteiger partial charge in [-0.2, -0.15) is 10.2 Å². The van der Waals surface area contributed by atoms with Crippen molar-refractivity contribution in [3.63, 3.8) is 0 Å². The van der Waals surface area contributed by atoms with Crippen LogP contribution in [0.4, 0.5) is 22.7 Å². The number of hydrogen-bond donors (Lipinski definition) is 2. The first-order valence-corrected chi connectivity index (χ1v) is 10.8. The van der Waals surface area contributed by atoms with E-state index in [-0.39, 0.29) is 11.8 Å². The molecular formula is C28H24N4O2. The zero-order valence-electron chi connectivity index (χ0n) is 18.9. The fraction of sp³-hybridized carbons (Fsp3) is 0.0714. The second-order valence-electron chi connectivity index (χ2n) is 7.89. The van der Waals surface area contributed by atoms with E-state index in [0.717, 1.165) is 16.8 Å². The highest BCUT2D eigenvalue weighted by Gasteiger charge is 2.08. The highest BCUT2D eigenvalue weighted by atomic mass is 16.2. The van der Waals surface area contributed by atoms with Crippen molar-refractivity contribution < 1.29 is 9.59 Å². The van der Waals surface area contributed by atoms with Gasteiger partial charge >= 0.3 is 0 Å². The lowest BCUT2D eigenvalue weighted by molar-refractivity contribution is 0.101. The number of carbonyl (C=O) groups excluding carboxylic acids is 2. The van der Waals surface area contributed by atoms with Crippen molar-refractivity contribution in [3.8, 4) is 0 Å². The van der Waals surface area contributed by atoms with Gasteiger partial charge in [0.1, 0.15) is 0 Å². The van der Waals surface area contributed by atoms with Gasteiger partial charge in [0.05, 0.1) is 11.4 Å². The summed E-state index contributed by atoms with van der Waals surface area (Å²) in [6, 6.07) is 29.1. The number of hydrogen-bond acceptors (Lipinski definition) is 4. The fourth-order valence-corrected chi connectivity index (χ4v) is 3.27. The molecule has 0 atom stereocenters. The molecule has 0 aromatic heterocycles. The average Bonchev–Trinajstić information content (AvgIpc) is 2.86. The van der Waals surface area contributed by atoms with Gasteiger partial charge in [0.15, 0.2) is 0 Å². The summed E-state index contributed by atoms with van der Waals surface area (Å²) in [5, 5.41) is 14.3. The van der Waals surface area contributed by atoms with E-state index >= 15 is 0 Å².